The fourth-order valence-electron chi connectivity index (χ4n) is 0.681. The predicted molar refractivity (Wildman–Crippen MR) is 67.2 cm³/mol. The Labute approximate surface area is 98.4 Å². The van der Waals surface area contributed by atoms with E-state index in [0.717, 1.165) is 5.69 Å². The van der Waals surface area contributed by atoms with E-state index < -0.39 is 11.0 Å². The van der Waals surface area contributed by atoms with Gasteiger partial charge in [-0.15, -0.1) is 11.3 Å². The average Bonchev–Trinajstić information content (AvgIpc) is 2.50. The summed E-state index contributed by atoms with van der Waals surface area (Å²) in [5, 5.41) is 1.95. The van der Waals surface area contributed by atoms with Gasteiger partial charge in [0.2, 0.25) is 0 Å². The van der Waals surface area contributed by atoms with Crippen LogP contribution in [0.25, 0.3) is 0 Å². The molecule has 1 aromatic heterocycles. The van der Waals surface area contributed by atoms with E-state index in [9.17, 15) is 4.21 Å². The third-order valence-corrected chi connectivity index (χ3v) is 3.58. The van der Waals surface area contributed by atoms with Crippen LogP contribution in [0, 0.1) is 0 Å². The first-order chi connectivity index (χ1) is 6.00. The first-order valence-electron chi connectivity index (χ1n) is 4.02. The van der Waals surface area contributed by atoms with Crippen molar-refractivity contribution in [2.45, 2.75) is 32.1 Å². The molecule has 0 radical (unpaired) electrons. The molecule has 3 nitrogen and oxygen atoms in total. The molecule has 0 unspecified atom stereocenters. The van der Waals surface area contributed by atoms with Crippen molar-refractivity contribution in [1.29, 1.82) is 0 Å². The van der Waals surface area contributed by atoms with Crippen molar-refractivity contribution in [1.82, 2.24) is 9.71 Å². The van der Waals surface area contributed by atoms with Gasteiger partial charge in [-0.3, -0.25) is 0 Å². The minimum absolute atomic E-state index is 0. The molecular formula is C8H16N2OS3. The Hall–Kier alpha value is 0.0900. The molecule has 0 spiro atoms. The number of hydrogen-bond acceptors (Lipinski definition) is 3. The maximum Gasteiger partial charge on any atom is 0.0973 e. The van der Waals surface area contributed by atoms with Crippen LogP contribution in [-0.4, -0.2) is 13.9 Å². The van der Waals surface area contributed by atoms with E-state index in [4.69, 9.17) is 0 Å². The lowest BCUT2D eigenvalue weighted by molar-refractivity contribution is 0.634. The van der Waals surface area contributed by atoms with Crippen LogP contribution in [0.15, 0.2) is 10.9 Å². The molecule has 1 heterocycles. The van der Waals surface area contributed by atoms with E-state index in [2.05, 4.69) is 9.71 Å². The lowest BCUT2D eigenvalue weighted by Gasteiger charge is -2.17. The number of aromatic nitrogens is 1. The monoisotopic (exact) mass is 252 g/mol. The first-order valence-corrected chi connectivity index (χ1v) is 6.12. The highest BCUT2D eigenvalue weighted by Gasteiger charge is 2.18. The van der Waals surface area contributed by atoms with Crippen molar-refractivity contribution in [2.75, 3.05) is 0 Å². The van der Waals surface area contributed by atoms with Crippen LogP contribution in [0.5, 0.6) is 0 Å². The summed E-state index contributed by atoms with van der Waals surface area (Å²) in [5.41, 5.74) is 2.72. The molecule has 0 fully saturated rings. The van der Waals surface area contributed by atoms with Gasteiger partial charge in [-0.05, 0) is 20.8 Å². The fraction of sp³-hybridized carbons (Fsp3) is 0.625. The highest BCUT2D eigenvalue weighted by Crippen LogP contribution is 2.09. The SMILES string of the molecule is CC(C)(C)[S@](=O)NCc1cscn1.S. The highest BCUT2D eigenvalue weighted by molar-refractivity contribution is 7.84. The molecule has 6 heteroatoms. The summed E-state index contributed by atoms with van der Waals surface area (Å²) in [6.07, 6.45) is 0. The number of nitrogens with one attached hydrogen (secondary N) is 1. The maximum atomic E-state index is 11.5. The molecule has 0 aromatic carbocycles. The summed E-state index contributed by atoms with van der Waals surface area (Å²) in [6.45, 7) is 6.40. The molecule has 82 valence electrons. The van der Waals surface area contributed by atoms with Gasteiger partial charge >= 0.3 is 0 Å². The van der Waals surface area contributed by atoms with Crippen LogP contribution in [0.3, 0.4) is 0 Å². The average molecular weight is 252 g/mol. The topological polar surface area (TPSA) is 42.0 Å². The summed E-state index contributed by atoms with van der Waals surface area (Å²) in [4.78, 5) is 4.09. The van der Waals surface area contributed by atoms with Crippen LogP contribution in [-0.2, 0) is 17.5 Å². The lowest BCUT2D eigenvalue weighted by atomic mass is 10.3. The maximum absolute atomic E-state index is 11.5. The number of hydrogen-bond donors (Lipinski definition) is 1. The molecule has 0 saturated carbocycles. The standard InChI is InChI=1S/C8H14N2OS2.H2S/c1-8(2,3)13(11)10-4-7-5-12-6-9-7;/h5-6,10H,4H2,1-3H3;1H2/t13-;/m0./s1. The Bertz CT molecular complexity index is 279. The van der Waals surface area contributed by atoms with E-state index in [1.54, 1.807) is 16.8 Å². The van der Waals surface area contributed by atoms with Gasteiger partial charge in [0, 0.05) is 5.38 Å². The van der Waals surface area contributed by atoms with Gasteiger partial charge in [0.25, 0.3) is 0 Å². The summed E-state index contributed by atoms with van der Waals surface area (Å²) in [5.74, 6) is 0. The molecule has 0 saturated heterocycles. The zero-order chi connectivity index (χ0) is 9.90. The van der Waals surface area contributed by atoms with Crippen molar-refractivity contribution >= 4 is 35.8 Å². The Morgan fingerprint density at radius 3 is 2.64 bits per heavy atom. The Morgan fingerprint density at radius 1 is 1.57 bits per heavy atom. The van der Waals surface area contributed by atoms with Gasteiger partial charge in [-0.1, -0.05) is 0 Å². The second-order valence-corrected chi connectivity index (χ2v) is 6.45. The fourth-order valence-corrected chi connectivity index (χ4v) is 1.95. The molecule has 1 N–H and O–H groups in total. The molecule has 0 aliphatic rings. The Morgan fingerprint density at radius 2 is 2.21 bits per heavy atom. The van der Waals surface area contributed by atoms with Crippen LogP contribution in [0.1, 0.15) is 26.5 Å². The Balaban J connectivity index is 0.00000169. The minimum Gasteiger partial charge on any atom is -0.248 e. The lowest BCUT2D eigenvalue weighted by Crippen LogP contribution is -2.32. The van der Waals surface area contributed by atoms with Gasteiger partial charge in [-0.25, -0.2) is 13.9 Å². The van der Waals surface area contributed by atoms with E-state index >= 15 is 0 Å². The summed E-state index contributed by atoms with van der Waals surface area (Å²) < 4.78 is 14.3. The molecular weight excluding hydrogens is 236 g/mol. The van der Waals surface area contributed by atoms with Crippen molar-refractivity contribution in [3.05, 3.63) is 16.6 Å². The van der Waals surface area contributed by atoms with E-state index in [1.165, 1.54) is 0 Å². The molecule has 0 bridgehead atoms. The summed E-state index contributed by atoms with van der Waals surface area (Å²) in [7, 11) is -1.01. The number of thiazole rings is 1. The quantitative estimate of drug-likeness (QED) is 0.891. The van der Waals surface area contributed by atoms with Crippen LogP contribution in [0.2, 0.25) is 0 Å². The second-order valence-electron chi connectivity index (χ2n) is 3.68. The van der Waals surface area contributed by atoms with Crippen molar-refractivity contribution in [3.63, 3.8) is 0 Å². The number of rotatable bonds is 3. The third kappa shape index (κ3) is 4.54. The molecule has 0 aliphatic carbocycles. The van der Waals surface area contributed by atoms with Crippen LogP contribution >= 0.6 is 24.8 Å². The largest absolute Gasteiger partial charge is 0.248 e. The Kier molecular flexibility index (Phi) is 5.88. The van der Waals surface area contributed by atoms with Gasteiger partial charge in [0.1, 0.15) is 0 Å². The molecule has 1 atom stereocenters. The summed E-state index contributed by atoms with van der Waals surface area (Å²) >= 11 is 1.55. The molecule has 1 rings (SSSR count). The number of nitrogens with zero attached hydrogens (tertiary/aromatic N) is 1. The predicted octanol–water partition coefficient (Wildman–Crippen LogP) is 1.81. The molecule has 1 aromatic rings. The van der Waals surface area contributed by atoms with E-state index in [1.807, 2.05) is 26.2 Å². The van der Waals surface area contributed by atoms with Crippen LogP contribution < -0.4 is 4.72 Å². The van der Waals surface area contributed by atoms with Gasteiger partial charge in [-0.2, -0.15) is 13.5 Å². The highest BCUT2D eigenvalue weighted by atomic mass is 32.2. The van der Waals surface area contributed by atoms with Gasteiger partial charge < -0.3 is 0 Å². The first kappa shape index (κ1) is 14.1. The summed E-state index contributed by atoms with van der Waals surface area (Å²) in [6, 6.07) is 0. The van der Waals surface area contributed by atoms with E-state index in [-0.39, 0.29) is 18.2 Å². The zero-order valence-electron chi connectivity index (χ0n) is 8.53. The van der Waals surface area contributed by atoms with Crippen molar-refractivity contribution < 1.29 is 4.21 Å². The van der Waals surface area contributed by atoms with Crippen molar-refractivity contribution in [3.8, 4) is 0 Å². The van der Waals surface area contributed by atoms with E-state index in [0.29, 0.717) is 6.54 Å². The molecule has 0 amide bonds. The molecule has 0 aliphatic heterocycles. The minimum atomic E-state index is -1.01. The van der Waals surface area contributed by atoms with Crippen molar-refractivity contribution in [2.24, 2.45) is 0 Å². The van der Waals surface area contributed by atoms with Gasteiger partial charge in [0.15, 0.2) is 0 Å². The third-order valence-electron chi connectivity index (χ3n) is 1.42. The second kappa shape index (κ2) is 5.85. The van der Waals surface area contributed by atoms with Gasteiger partial charge in [0.05, 0.1) is 33.5 Å². The zero-order valence-corrected chi connectivity index (χ0v) is 11.2. The molecule has 14 heavy (non-hydrogen) atoms. The smallest absolute Gasteiger partial charge is 0.0973 e. The normalized spacial score (nSPS) is 13.4. The van der Waals surface area contributed by atoms with Crippen LogP contribution in [0.4, 0.5) is 0 Å².